The zero-order valence-electron chi connectivity index (χ0n) is 17.4. The van der Waals surface area contributed by atoms with Crippen molar-refractivity contribution in [1.29, 1.82) is 0 Å². The third-order valence-corrected chi connectivity index (χ3v) is 4.64. The zero-order chi connectivity index (χ0) is 21.7. The highest BCUT2D eigenvalue weighted by molar-refractivity contribution is 6.03. The van der Waals surface area contributed by atoms with Gasteiger partial charge in [0, 0.05) is 23.7 Å². The number of nitrogens with zero attached hydrogens (tertiary/aromatic N) is 3. The van der Waals surface area contributed by atoms with Crippen LogP contribution in [0.1, 0.15) is 37.7 Å². The normalized spacial score (nSPS) is 10.9. The number of fused-ring (bicyclic) bond motifs is 1. The van der Waals surface area contributed by atoms with Gasteiger partial charge in [0.2, 0.25) is 0 Å². The molecule has 3 rings (SSSR count). The summed E-state index contributed by atoms with van der Waals surface area (Å²) in [5.41, 5.74) is 0.506. The van der Waals surface area contributed by atoms with Gasteiger partial charge >= 0.3 is 5.97 Å². The van der Waals surface area contributed by atoms with Crippen LogP contribution in [0.4, 0.5) is 5.69 Å². The molecule has 0 aliphatic rings. The predicted octanol–water partition coefficient (Wildman–Crippen LogP) is 3.40. The average molecular weight is 407 g/mol. The third kappa shape index (κ3) is 4.40. The van der Waals surface area contributed by atoms with E-state index < -0.39 is 12.6 Å². The number of aromatic nitrogens is 2. The second-order valence-corrected chi connectivity index (χ2v) is 7.19. The van der Waals surface area contributed by atoms with Gasteiger partial charge in [-0.1, -0.05) is 43.3 Å². The van der Waals surface area contributed by atoms with Crippen molar-refractivity contribution in [2.24, 2.45) is 0 Å². The smallest absolute Gasteiger partial charge is 0.359 e. The van der Waals surface area contributed by atoms with Crippen LogP contribution in [-0.4, -0.2) is 34.3 Å². The standard InChI is InChI=1S/C23H25N3O4/c1-4-14-25-22(28)19-13-9-8-12-18(19)21(24-25)23(29)30-15-20(27)26(16(2)3)17-10-6-5-7-11-17/h5-13,16H,4,14-15H2,1-3H3. The monoisotopic (exact) mass is 407 g/mol. The fourth-order valence-corrected chi connectivity index (χ4v) is 3.33. The van der Waals surface area contributed by atoms with Crippen LogP contribution in [0.25, 0.3) is 10.8 Å². The highest BCUT2D eigenvalue weighted by Gasteiger charge is 2.23. The summed E-state index contributed by atoms with van der Waals surface area (Å²) in [7, 11) is 0. The van der Waals surface area contributed by atoms with E-state index in [1.165, 1.54) is 4.68 Å². The molecule has 1 amide bonds. The van der Waals surface area contributed by atoms with Crippen LogP contribution in [0.15, 0.2) is 59.4 Å². The quantitative estimate of drug-likeness (QED) is 0.561. The highest BCUT2D eigenvalue weighted by Crippen LogP contribution is 2.18. The summed E-state index contributed by atoms with van der Waals surface area (Å²) >= 11 is 0. The highest BCUT2D eigenvalue weighted by atomic mass is 16.5. The molecule has 0 saturated carbocycles. The molecule has 0 N–H and O–H groups in total. The Morgan fingerprint density at radius 2 is 1.67 bits per heavy atom. The largest absolute Gasteiger partial charge is 0.451 e. The van der Waals surface area contributed by atoms with Gasteiger partial charge in [-0.2, -0.15) is 5.10 Å². The number of amides is 1. The van der Waals surface area contributed by atoms with Gasteiger partial charge < -0.3 is 9.64 Å². The number of benzene rings is 2. The van der Waals surface area contributed by atoms with Crippen LogP contribution in [0.5, 0.6) is 0 Å². The lowest BCUT2D eigenvalue weighted by molar-refractivity contribution is -0.122. The van der Waals surface area contributed by atoms with Crippen molar-refractivity contribution < 1.29 is 14.3 Å². The Labute approximate surface area is 174 Å². The molecular weight excluding hydrogens is 382 g/mol. The maximum atomic E-state index is 12.8. The van der Waals surface area contributed by atoms with Crippen molar-refractivity contribution in [1.82, 2.24) is 9.78 Å². The summed E-state index contributed by atoms with van der Waals surface area (Å²) < 4.78 is 6.58. The molecule has 7 heteroatoms. The first-order chi connectivity index (χ1) is 14.4. The fourth-order valence-electron chi connectivity index (χ4n) is 3.33. The van der Waals surface area contributed by atoms with E-state index in [2.05, 4.69) is 5.10 Å². The van der Waals surface area contributed by atoms with E-state index in [1.807, 2.05) is 51.1 Å². The molecule has 3 aromatic rings. The molecule has 0 spiro atoms. The van der Waals surface area contributed by atoms with Crippen LogP contribution in [-0.2, 0) is 16.1 Å². The van der Waals surface area contributed by atoms with Gasteiger partial charge in [0.05, 0.1) is 5.39 Å². The molecule has 0 unspecified atom stereocenters. The summed E-state index contributed by atoms with van der Waals surface area (Å²) in [5, 5.41) is 5.02. The molecule has 156 valence electrons. The molecule has 0 bridgehead atoms. The van der Waals surface area contributed by atoms with Crippen molar-refractivity contribution in [2.45, 2.75) is 39.8 Å². The Morgan fingerprint density at radius 3 is 2.30 bits per heavy atom. The lowest BCUT2D eigenvalue weighted by atomic mass is 10.1. The number of esters is 1. The van der Waals surface area contributed by atoms with Gasteiger partial charge in [0.25, 0.3) is 11.5 Å². The SMILES string of the molecule is CCCn1nc(C(=O)OCC(=O)N(c2ccccc2)C(C)C)c2ccccc2c1=O. The molecule has 0 atom stereocenters. The Hall–Kier alpha value is -3.48. The minimum atomic E-state index is -0.735. The summed E-state index contributed by atoms with van der Waals surface area (Å²) in [6.45, 7) is 5.67. The van der Waals surface area contributed by atoms with Gasteiger partial charge in [-0.05, 0) is 38.5 Å². The molecule has 0 aliphatic heterocycles. The summed E-state index contributed by atoms with van der Waals surface area (Å²) in [6.07, 6.45) is 0.693. The molecule has 0 aliphatic carbocycles. The van der Waals surface area contributed by atoms with Crippen LogP contribution >= 0.6 is 0 Å². The molecule has 0 fully saturated rings. The van der Waals surface area contributed by atoms with Crippen LogP contribution in [0.3, 0.4) is 0 Å². The van der Waals surface area contributed by atoms with Gasteiger partial charge in [0.1, 0.15) is 0 Å². The first kappa shape index (κ1) is 21.2. The van der Waals surface area contributed by atoms with E-state index in [0.29, 0.717) is 23.7 Å². The number of para-hydroxylation sites is 1. The van der Waals surface area contributed by atoms with E-state index in [1.54, 1.807) is 29.2 Å². The number of hydrogen-bond acceptors (Lipinski definition) is 5. The Bertz CT molecular complexity index is 1110. The molecule has 2 aromatic carbocycles. The number of ether oxygens (including phenoxy) is 1. The van der Waals surface area contributed by atoms with Crippen molar-refractivity contribution in [3.63, 3.8) is 0 Å². The Balaban J connectivity index is 1.85. The van der Waals surface area contributed by atoms with Gasteiger partial charge in [-0.3, -0.25) is 9.59 Å². The number of carbonyl (C=O) groups excluding carboxylic acids is 2. The maximum absolute atomic E-state index is 12.8. The van der Waals surface area contributed by atoms with E-state index in [-0.39, 0.29) is 23.2 Å². The van der Waals surface area contributed by atoms with E-state index in [4.69, 9.17) is 4.74 Å². The second kappa shape index (κ2) is 9.35. The van der Waals surface area contributed by atoms with E-state index in [0.717, 1.165) is 5.69 Å². The topological polar surface area (TPSA) is 81.5 Å². The molecule has 1 aromatic heterocycles. The third-order valence-electron chi connectivity index (χ3n) is 4.64. The van der Waals surface area contributed by atoms with E-state index >= 15 is 0 Å². The predicted molar refractivity (Wildman–Crippen MR) is 116 cm³/mol. The van der Waals surface area contributed by atoms with Crippen molar-refractivity contribution >= 4 is 28.3 Å². The second-order valence-electron chi connectivity index (χ2n) is 7.19. The van der Waals surface area contributed by atoms with Crippen molar-refractivity contribution in [2.75, 3.05) is 11.5 Å². The summed E-state index contributed by atoms with van der Waals surface area (Å²) in [5.74, 6) is -1.07. The van der Waals surface area contributed by atoms with Crippen LogP contribution in [0, 0.1) is 0 Å². The first-order valence-corrected chi connectivity index (χ1v) is 9.98. The van der Waals surface area contributed by atoms with Gasteiger partial charge in [-0.25, -0.2) is 9.48 Å². The molecule has 30 heavy (non-hydrogen) atoms. The lowest BCUT2D eigenvalue weighted by Gasteiger charge is -2.26. The zero-order valence-corrected chi connectivity index (χ0v) is 17.4. The molecular formula is C23H25N3O4. The number of aryl methyl sites for hydroxylation is 1. The lowest BCUT2D eigenvalue weighted by Crippen LogP contribution is -2.40. The molecule has 0 saturated heterocycles. The molecule has 0 radical (unpaired) electrons. The number of carbonyl (C=O) groups is 2. The summed E-state index contributed by atoms with van der Waals surface area (Å²) in [4.78, 5) is 39.7. The Kier molecular flexibility index (Phi) is 6.61. The minimum absolute atomic E-state index is 0.0299. The summed E-state index contributed by atoms with van der Waals surface area (Å²) in [6, 6.07) is 15.9. The average Bonchev–Trinajstić information content (AvgIpc) is 2.75. The van der Waals surface area contributed by atoms with Crippen molar-refractivity contribution in [3.05, 3.63) is 70.6 Å². The number of rotatable bonds is 7. The van der Waals surface area contributed by atoms with Crippen molar-refractivity contribution in [3.8, 4) is 0 Å². The molecule has 1 heterocycles. The van der Waals surface area contributed by atoms with Gasteiger partial charge in [-0.15, -0.1) is 0 Å². The minimum Gasteiger partial charge on any atom is -0.451 e. The van der Waals surface area contributed by atoms with Crippen LogP contribution in [0.2, 0.25) is 0 Å². The molecule has 7 nitrogen and oxygen atoms in total. The van der Waals surface area contributed by atoms with Crippen LogP contribution < -0.4 is 10.5 Å². The van der Waals surface area contributed by atoms with E-state index in [9.17, 15) is 14.4 Å². The number of hydrogen-bond donors (Lipinski definition) is 0. The van der Waals surface area contributed by atoms with Gasteiger partial charge in [0.15, 0.2) is 12.3 Å². The first-order valence-electron chi connectivity index (χ1n) is 9.98. The fraction of sp³-hybridized carbons (Fsp3) is 0.304. The maximum Gasteiger partial charge on any atom is 0.359 e. The number of anilines is 1. The Morgan fingerprint density at radius 1 is 1.03 bits per heavy atom.